The lowest BCUT2D eigenvalue weighted by atomic mass is 9.73. The summed E-state index contributed by atoms with van der Waals surface area (Å²) in [6.45, 7) is 14.2. The Balaban J connectivity index is 0.00000337. The highest BCUT2D eigenvalue weighted by Gasteiger charge is 2.29. The quantitative estimate of drug-likeness (QED) is 0.242. The van der Waals surface area contributed by atoms with Gasteiger partial charge in [0.05, 0.1) is 0 Å². The summed E-state index contributed by atoms with van der Waals surface area (Å²) in [5, 5.41) is 1.96. The number of piperazine rings is 1. The Kier molecular flexibility index (Phi) is 8.72. The van der Waals surface area contributed by atoms with Crippen molar-refractivity contribution in [3.05, 3.63) is 106 Å². The standard InChI is InChI=1S/C35H39ClN4.CH4/c1-4-26-7-10-32(21-29(26)20-25-19-28-12-14-37-34(28)38-23-25)40-17-15-39(16-18-40)24-30-22-35(2,3)13-11-33(30)27-5-8-31(36)9-6-27;/h4-10,12,14,19,21,23H,1,11,13,15-18,20,22,24H2,2-3H3,(H,37,38);1H4. The molecular weight excluding hydrogens is 524 g/mol. The van der Waals surface area contributed by atoms with Crippen molar-refractivity contribution in [2.75, 3.05) is 37.6 Å². The largest absolute Gasteiger partial charge is 0.369 e. The van der Waals surface area contributed by atoms with Crippen molar-refractivity contribution < 1.29 is 0 Å². The van der Waals surface area contributed by atoms with E-state index in [1.165, 1.54) is 46.4 Å². The number of nitrogens with zero attached hydrogens (tertiary/aromatic N) is 3. The van der Waals surface area contributed by atoms with Gasteiger partial charge in [-0.3, -0.25) is 4.90 Å². The lowest BCUT2D eigenvalue weighted by Gasteiger charge is -2.40. The molecule has 0 spiro atoms. The number of anilines is 1. The maximum Gasteiger partial charge on any atom is 0.137 e. The molecule has 1 saturated heterocycles. The molecular formula is C36H43ClN4. The van der Waals surface area contributed by atoms with Crippen molar-refractivity contribution in [1.29, 1.82) is 0 Å². The molecule has 41 heavy (non-hydrogen) atoms. The zero-order valence-corrected chi connectivity index (χ0v) is 24.5. The molecule has 2 aromatic carbocycles. The molecule has 4 aromatic rings. The minimum Gasteiger partial charge on any atom is -0.369 e. The number of hydrogen-bond donors (Lipinski definition) is 1. The van der Waals surface area contributed by atoms with E-state index in [2.05, 4.69) is 82.7 Å². The average molecular weight is 567 g/mol. The Bertz CT molecular complexity index is 1540. The fourth-order valence-electron chi connectivity index (χ4n) is 6.44. The molecule has 214 valence electrons. The number of allylic oxidation sites excluding steroid dienone is 1. The monoisotopic (exact) mass is 566 g/mol. The van der Waals surface area contributed by atoms with Gasteiger partial charge in [-0.05, 0) is 95.3 Å². The first-order chi connectivity index (χ1) is 19.4. The van der Waals surface area contributed by atoms with Gasteiger partial charge in [0, 0.05) is 61.2 Å². The van der Waals surface area contributed by atoms with E-state index < -0.39 is 0 Å². The van der Waals surface area contributed by atoms with Gasteiger partial charge in [0.15, 0.2) is 0 Å². The SMILES string of the molecule is C.C=Cc1ccc(N2CCN(CC3=C(c4ccc(Cl)cc4)CCC(C)(C)C3)CC2)cc1Cc1cnc2[nH]ccc2c1. The lowest BCUT2D eigenvalue weighted by Crippen LogP contribution is -2.47. The second-order valence-corrected chi connectivity index (χ2v) is 12.7. The number of benzene rings is 2. The average Bonchev–Trinajstić information content (AvgIpc) is 3.42. The summed E-state index contributed by atoms with van der Waals surface area (Å²) >= 11 is 6.20. The highest BCUT2D eigenvalue weighted by molar-refractivity contribution is 6.30. The molecule has 5 heteroatoms. The van der Waals surface area contributed by atoms with Gasteiger partial charge in [-0.2, -0.15) is 0 Å². The molecule has 0 saturated carbocycles. The van der Waals surface area contributed by atoms with Gasteiger partial charge in [-0.1, -0.05) is 69.3 Å². The van der Waals surface area contributed by atoms with Crippen LogP contribution in [0.4, 0.5) is 5.69 Å². The maximum atomic E-state index is 6.20. The van der Waals surface area contributed by atoms with E-state index in [9.17, 15) is 0 Å². The normalized spacial score (nSPS) is 17.5. The number of halogens is 1. The molecule has 2 aliphatic rings. The molecule has 1 aliphatic heterocycles. The van der Waals surface area contributed by atoms with Crippen LogP contribution in [0.25, 0.3) is 22.7 Å². The third-order valence-corrected chi connectivity index (χ3v) is 8.96. The van der Waals surface area contributed by atoms with Crippen molar-refractivity contribution >= 4 is 40.0 Å². The molecule has 6 rings (SSSR count). The summed E-state index contributed by atoms with van der Waals surface area (Å²) in [7, 11) is 0. The van der Waals surface area contributed by atoms with Gasteiger partial charge in [-0.15, -0.1) is 0 Å². The summed E-state index contributed by atoms with van der Waals surface area (Å²) in [4.78, 5) is 13.0. The molecule has 0 bridgehead atoms. The second kappa shape index (κ2) is 12.3. The number of aromatic nitrogens is 2. The number of aromatic amines is 1. The first-order valence-corrected chi connectivity index (χ1v) is 14.9. The third kappa shape index (κ3) is 6.60. The molecule has 1 N–H and O–H groups in total. The summed E-state index contributed by atoms with van der Waals surface area (Å²) in [6.07, 6.45) is 10.3. The number of nitrogens with one attached hydrogen (secondary N) is 1. The fourth-order valence-corrected chi connectivity index (χ4v) is 6.57. The minimum absolute atomic E-state index is 0. The summed E-state index contributed by atoms with van der Waals surface area (Å²) in [5.41, 5.74) is 10.8. The lowest BCUT2D eigenvalue weighted by molar-refractivity contribution is 0.256. The van der Waals surface area contributed by atoms with Crippen molar-refractivity contribution in [3.8, 4) is 0 Å². The maximum absolute atomic E-state index is 6.20. The van der Waals surface area contributed by atoms with E-state index >= 15 is 0 Å². The van der Waals surface area contributed by atoms with Crippen LogP contribution >= 0.6 is 11.6 Å². The van der Waals surface area contributed by atoms with Crippen molar-refractivity contribution in [3.63, 3.8) is 0 Å². The van der Waals surface area contributed by atoms with E-state index in [0.717, 1.165) is 61.6 Å². The minimum atomic E-state index is 0. The zero-order valence-electron chi connectivity index (χ0n) is 23.7. The topological polar surface area (TPSA) is 35.2 Å². The van der Waals surface area contributed by atoms with Crippen molar-refractivity contribution in [2.24, 2.45) is 5.41 Å². The van der Waals surface area contributed by atoms with Crippen molar-refractivity contribution in [1.82, 2.24) is 14.9 Å². The highest BCUT2D eigenvalue weighted by Crippen LogP contribution is 2.43. The molecule has 0 unspecified atom stereocenters. The van der Waals surface area contributed by atoms with Gasteiger partial charge in [0.25, 0.3) is 0 Å². The molecule has 4 nitrogen and oxygen atoms in total. The molecule has 0 radical (unpaired) electrons. The Labute approximate surface area is 250 Å². The van der Waals surface area contributed by atoms with Crippen LogP contribution in [0.1, 0.15) is 62.8 Å². The second-order valence-electron chi connectivity index (χ2n) is 12.2. The number of H-pyrrole nitrogens is 1. The molecule has 0 amide bonds. The van der Waals surface area contributed by atoms with Gasteiger partial charge in [0.2, 0.25) is 0 Å². The Hall–Kier alpha value is -3.34. The number of rotatable bonds is 7. The Morgan fingerprint density at radius 2 is 1.80 bits per heavy atom. The molecule has 1 aliphatic carbocycles. The summed E-state index contributed by atoms with van der Waals surface area (Å²) in [6, 6.07) is 19.6. The zero-order chi connectivity index (χ0) is 27.7. The smallest absolute Gasteiger partial charge is 0.137 e. The van der Waals surface area contributed by atoms with Crippen LogP contribution in [0.15, 0.2) is 79.1 Å². The predicted molar refractivity (Wildman–Crippen MR) is 177 cm³/mol. The Morgan fingerprint density at radius 1 is 1.02 bits per heavy atom. The molecule has 2 aromatic heterocycles. The highest BCUT2D eigenvalue weighted by atomic mass is 35.5. The van der Waals surface area contributed by atoms with Crippen LogP contribution in [0.2, 0.25) is 5.02 Å². The first-order valence-electron chi connectivity index (χ1n) is 14.5. The van der Waals surface area contributed by atoms with E-state index in [4.69, 9.17) is 11.6 Å². The molecule has 1 fully saturated rings. The van der Waals surface area contributed by atoms with Gasteiger partial charge < -0.3 is 9.88 Å². The van der Waals surface area contributed by atoms with Gasteiger partial charge >= 0.3 is 0 Å². The van der Waals surface area contributed by atoms with Gasteiger partial charge in [0.1, 0.15) is 5.65 Å². The first kappa shape index (κ1) is 29.2. The van der Waals surface area contributed by atoms with Gasteiger partial charge in [-0.25, -0.2) is 4.98 Å². The van der Waals surface area contributed by atoms with Crippen LogP contribution in [-0.4, -0.2) is 47.6 Å². The van der Waals surface area contributed by atoms with Crippen LogP contribution in [0.3, 0.4) is 0 Å². The van der Waals surface area contributed by atoms with E-state index in [1.807, 2.05) is 30.6 Å². The van der Waals surface area contributed by atoms with Crippen molar-refractivity contribution in [2.45, 2.75) is 47.0 Å². The van der Waals surface area contributed by atoms with Crippen LogP contribution in [0.5, 0.6) is 0 Å². The summed E-state index contributed by atoms with van der Waals surface area (Å²) < 4.78 is 0. The van der Waals surface area contributed by atoms with E-state index in [-0.39, 0.29) is 7.43 Å². The predicted octanol–water partition coefficient (Wildman–Crippen LogP) is 8.87. The fraction of sp³-hybridized carbons (Fsp3) is 0.361. The molecule has 0 atom stereocenters. The Morgan fingerprint density at radius 3 is 2.56 bits per heavy atom. The number of fused-ring (bicyclic) bond motifs is 1. The summed E-state index contributed by atoms with van der Waals surface area (Å²) in [5.74, 6) is 0. The molecule has 3 heterocycles. The van der Waals surface area contributed by atoms with E-state index in [1.54, 1.807) is 5.57 Å². The third-order valence-electron chi connectivity index (χ3n) is 8.71. The number of pyridine rings is 1. The van der Waals surface area contributed by atoms with E-state index in [0.29, 0.717) is 5.41 Å². The van der Waals surface area contributed by atoms with Crippen LogP contribution < -0.4 is 4.90 Å². The van der Waals surface area contributed by atoms with Crippen LogP contribution in [-0.2, 0) is 6.42 Å². The number of hydrogen-bond acceptors (Lipinski definition) is 3. The van der Waals surface area contributed by atoms with Crippen LogP contribution in [0, 0.1) is 5.41 Å².